The van der Waals surface area contributed by atoms with Crippen LogP contribution in [-0.4, -0.2) is 17.7 Å². The van der Waals surface area contributed by atoms with Crippen LogP contribution in [-0.2, 0) is 11.4 Å². The Morgan fingerprint density at radius 3 is 2.47 bits per heavy atom. The Morgan fingerprint density at radius 2 is 1.76 bits per heavy atom. The summed E-state index contributed by atoms with van der Waals surface area (Å²) in [5, 5.41) is 5.11. The van der Waals surface area contributed by atoms with E-state index in [1.165, 1.54) is 5.56 Å². The molecule has 1 saturated heterocycles. The molecule has 1 aliphatic heterocycles. The van der Waals surface area contributed by atoms with Crippen molar-refractivity contribution in [2.24, 2.45) is 5.10 Å². The lowest BCUT2D eigenvalue weighted by Gasteiger charge is -2.11. The Hall–Kier alpha value is -2.90. The highest BCUT2D eigenvalue weighted by molar-refractivity contribution is 6.42. The Bertz CT molecular complexity index is 1180. The molecular formula is C26H26Cl2N4O2. The maximum Gasteiger partial charge on any atom is 0.258 e. The van der Waals surface area contributed by atoms with Crippen molar-refractivity contribution in [3.63, 3.8) is 0 Å². The molecule has 2 unspecified atom stereocenters. The lowest BCUT2D eigenvalue weighted by Crippen LogP contribution is -2.41. The van der Waals surface area contributed by atoms with E-state index in [9.17, 15) is 4.79 Å². The Kier molecular flexibility index (Phi) is 7.85. The minimum Gasteiger partial charge on any atom is -0.489 e. The second kappa shape index (κ2) is 11.0. The first-order valence-corrected chi connectivity index (χ1v) is 11.7. The number of hydrogen-bond acceptors (Lipinski definition) is 5. The van der Waals surface area contributed by atoms with Crippen molar-refractivity contribution in [3.8, 4) is 5.75 Å². The van der Waals surface area contributed by atoms with Gasteiger partial charge < -0.3 is 4.74 Å². The van der Waals surface area contributed by atoms with Crippen LogP contribution in [0.5, 0.6) is 5.75 Å². The van der Waals surface area contributed by atoms with Crippen LogP contribution in [0.1, 0.15) is 41.6 Å². The summed E-state index contributed by atoms with van der Waals surface area (Å²) in [6.07, 6.45) is 0.594. The number of hydrazine groups is 1. The van der Waals surface area contributed by atoms with Gasteiger partial charge in [0.1, 0.15) is 18.4 Å². The predicted molar refractivity (Wildman–Crippen MR) is 136 cm³/mol. The van der Waals surface area contributed by atoms with E-state index in [-0.39, 0.29) is 11.9 Å². The number of amides is 1. The molecule has 34 heavy (non-hydrogen) atoms. The zero-order chi connectivity index (χ0) is 24.1. The van der Waals surface area contributed by atoms with Crippen molar-refractivity contribution in [1.29, 1.82) is 0 Å². The highest BCUT2D eigenvalue weighted by Gasteiger charge is 2.30. The van der Waals surface area contributed by atoms with Gasteiger partial charge in [-0.1, -0.05) is 71.2 Å². The van der Waals surface area contributed by atoms with Gasteiger partial charge in [-0.15, -0.1) is 0 Å². The van der Waals surface area contributed by atoms with Gasteiger partial charge in [0.15, 0.2) is 0 Å². The quantitative estimate of drug-likeness (QED) is 0.305. The Labute approximate surface area is 209 Å². The second-order valence-electron chi connectivity index (χ2n) is 8.28. The molecule has 1 fully saturated rings. The highest BCUT2D eigenvalue weighted by Crippen LogP contribution is 2.25. The number of rotatable bonds is 7. The summed E-state index contributed by atoms with van der Waals surface area (Å²) in [7, 11) is 0. The van der Waals surface area contributed by atoms with E-state index in [0.717, 1.165) is 22.4 Å². The number of hydrogen-bond donors (Lipinski definition) is 3. The summed E-state index contributed by atoms with van der Waals surface area (Å²) in [5.41, 5.74) is 13.7. The largest absolute Gasteiger partial charge is 0.489 e. The van der Waals surface area contributed by atoms with E-state index in [1.54, 1.807) is 25.1 Å². The molecule has 8 heteroatoms. The van der Waals surface area contributed by atoms with Crippen molar-refractivity contribution in [2.75, 3.05) is 0 Å². The lowest BCUT2D eigenvalue weighted by atomic mass is 10.0. The fraction of sp³-hybridized carbons (Fsp3) is 0.231. The van der Waals surface area contributed by atoms with Crippen LogP contribution in [0.4, 0.5) is 0 Å². The summed E-state index contributed by atoms with van der Waals surface area (Å²) >= 11 is 12.0. The molecule has 3 aromatic rings. The molecule has 0 aliphatic carbocycles. The van der Waals surface area contributed by atoms with E-state index in [0.29, 0.717) is 28.8 Å². The molecule has 2 atom stereocenters. The summed E-state index contributed by atoms with van der Waals surface area (Å²) in [4.78, 5) is 12.6. The number of halogens is 2. The van der Waals surface area contributed by atoms with Crippen LogP contribution in [0.3, 0.4) is 0 Å². The SMILES string of the molecule is C/C(=N\NC(=O)C1CC(c2ccc(OCc3ccc(C)cc3)cc2)NN1)c1ccc(Cl)c(Cl)c1. The first-order valence-electron chi connectivity index (χ1n) is 11.0. The maximum absolute atomic E-state index is 12.6. The van der Waals surface area contributed by atoms with Crippen molar-refractivity contribution in [1.82, 2.24) is 16.3 Å². The molecule has 3 aromatic carbocycles. The average molecular weight is 497 g/mol. The lowest BCUT2D eigenvalue weighted by molar-refractivity contribution is -0.122. The first kappa shape index (κ1) is 24.2. The third kappa shape index (κ3) is 6.15. The van der Waals surface area contributed by atoms with Gasteiger partial charge in [-0.25, -0.2) is 16.3 Å². The fourth-order valence-electron chi connectivity index (χ4n) is 3.60. The Balaban J connectivity index is 1.28. The minimum atomic E-state index is -0.409. The Morgan fingerprint density at radius 1 is 1.03 bits per heavy atom. The van der Waals surface area contributed by atoms with E-state index in [4.69, 9.17) is 27.9 Å². The van der Waals surface area contributed by atoms with E-state index in [1.807, 2.05) is 24.3 Å². The zero-order valence-corrected chi connectivity index (χ0v) is 20.5. The van der Waals surface area contributed by atoms with Gasteiger partial charge in [-0.3, -0.25) is 4.79 Å². The van der Waals surface area contributed by atoms with Crippen LogP contribution in [0.25, 0.3) is 0 Å². The predicted octanol–water partition coefficient (Wildman–Crippen LogP) is 5.33. The number of carbonyl (C=O) groups is 1. The smallest absolute Gasteiger partial charge is 0.258 e. The molecular weight excluding hydrogens is 471 g/mol. The summed E-state index contributed by atoms with van der Waals surface area (Å²) in [6, 6.07) is 21.0. The summed E-state index contributed by atoms with van der Waals surface area (Å²) in [5.74, 6) is 0.587. The average Bonchev–Trinajstić information content (AvgIpc) is 3.34. The number of nitrogens with zero attached hydrogens (tertiary/aromatic N) is 1. The number of ether oxygens (including phenoxy) is 1. The molecule has 0 spiro atoms. The number of carbonyl (C=O) groups excluding carboxylic acids is 1. The molecule has 3 N–H and O–H groups in total. The molecule has 1 amide bonds. The standard InChI is InChI=1S/C26H26Cl2N4O2/c1-16-3-5-18(6-4-16)15-34-21-10-7-19(8-11-21)24-14-25(31-30-24)26(33)32-29-17(2)20-9-12-22(27)23(28)13-20/h3-13,24-25,30-31H,14-15H2,1-2H3,(H,32,33)/b29-17+. The van der Waals surface area contributed by atoms with Crippen molar-refractivity contribution >= 4 is 34.8 Å². The van der Waals surface area contributed by atoms with Crippen LogP contribution in [0.2, 0.25) is 10.0 Å². The van der Waals surface area contributed by atoms with Gasteiger partial charge in [0.2, 0.25) is 0 Å². The molecule has 4 rings (SSSR count). The third-order valence-electron chi connectivity index (χ3n) is 5.70. The zero-order valence-electron chi connectivity index (χ0n) is 18.9. The van der Waals surface area contributed by atoms with Crippen molar-refractivity contribution in [2.45, 2.75) is 39.0 Å². The van der Waals surface area contributed by atoms with Crippen molar-refractivity contribution < 1.29 is 9.53 Å². The summed E-state index contributed by atoms with van der Waals surface area (Å²) < 4.78 is 5.88. The molecule has 6 nitrogen and oxygen atoms in total. The van der Waals surface area contributed by atoms with Gasteiger partial charge in [0.05, 0.1) is 15.8 Å². The molecule has 176 valence electrons. The normalized spacial score (nSPS) is 18.1. The topological polar surface area (TPSA) is 74.8 Å². The molecule has 0 bridgehead atoms. The van der Waals surface area contributed by atoms with Gasteiger partial charge in [-0.05, 0) is 61.2 Å². The maximum atomic E-state index is 12.6. The monoisotopic (exact) mass is 496 g/mol. The molecule has 1 heterocycles. The minimum absolute atomic E-state index is 0.00190. The second-order valence-corrected chi connectivity index (χ2v) is 9.09. The molecule has 0 aromatic heterocycles. The van der Waals surface area contributed by atoms with E-state index < -0.39 is 6.04 Å². The molecule has 0 saturated carbocycles. The van der Waals surface area contributed by atoms with E-state index >= 15 is 0 Å². The number of nitrogens with one attached hydrogen (secondary N) is 3. The highest BCUT2D eigenvalue weighted by atomic mass is 35.5. The molecule has 1 aliphatic rings. The van der Waals surface area contributed by atoms with Gasteiger partial charge in [0.25, 0.3) is 5.91 Å². The van der Waals surface area contributed by atoms with Crippen LogP contribution in [0.15, 0.2) is 71.8 Å². The number of benzene rings is 3. The van der Waals surface area contributed by atoms with E-state index in [2.05, 4.69) is 52.6 Å². The van der Waals surface area contributed by atoms with Crippen LogP contribution >= 0.6 is 23.2 Å². The fourth-order valence-corrected chi connectivity index (χ4v) is 3.89. The summed E-state index contributed by atoms with van der Waals surface area (Å²) in [6.45, 7) is 4.38. The number of hydrazone groups is 1. The molecule has 0 radical (unpaired) electrons. The number of aryl methyl sites for hydroxylation is 1. The van der Waals surface area contributed by atoms with Crippen LogP contribution in [0, 0.1) is 6.92 Å². The van der Waals surface area contributed by atoms with Gasteiger partial charge in [0, 0.05) is 6.04 Å². The third-order valence-corrected chi connectivity index (χ3v) is 6.44. The van der Waals surface area contributed by atoms with Crippen LogP contribution < -0.4 is 21.0 Å². The van der Waals surface area contributed by atoms with Gasteiger partial charge in [-0.2, -0.15) is 5.10 Å². The first-order chi connectivity index (χ1) is 16.4. The van der Waals surface area contributed by atoms with Crippen molar-refractivity contribution in [3.05, 3.63) is 99.0 Å². The van der Waals surface area contributed by atoms with Gasteiger partial charge >= 0.3 is 0 Å².